The Hall–Kier alpha value is -1.33. The second-order valence-electron chi connectivity index (χ2n) is 6.44. The van der Waals surface area contributed by atoms with Gasteiger partial charge in [-0.3, -0.25) is 4.57 Å². The van der Waals surface area contributed by atoms with Crippen molar-refractivity contribution in [2.75, 3.05) is 13.1 Å². The molecule has 0 unspecified atom stereocenters. The molecule has 2 aliphatic rings. The summed E-state index contributed by atoms with van der Waals surface area (Å²) in [5.41, 5.74) is 1.06. The van der Waals surface area contributed by atoms with E-state index >= 15 is 0 Å². The smallest absolute Gasteiger partial charge is 0.305 e. The van der Waals surface area contributed by atoms with Crippen molar-refractivity contribution in [1.29, 1.82) is 0 Å². The number of benzene rings is 1. The van der Waals surface area contributed by atoms with Crippen LogP contribution in [-0.4, -0.2) is 33.6 Å². The average Bonchev–Trinajstić information content (AvgIpc) is 2.74. The molecule has 22 heavy (non-hydrogen) atoms. The van der Waals surface area contributed by atoms with Gasteiger partial charge in [0.05, 0.1) is 16.1 Å². The number of nitrogens with one attached hydrogen (secondary N) is 1. The fourth-order valence-electron chi connectivity index (χ4n) is 3.74. The van der Waals surface area contributed by atoms with E-state index in [1.165, 1.54) is 31.4 Å². The van der Waals surface area contributed by atoms with E-state index in [1.807, 2.05) is 0 Å². The number of aromatic amines is 1. The van der Waals surface area contributed by atoms with Crippen LogP contribution in [0.15, 0.2) is 16.9 Å². The van der Waals surface area contributed by atoms with E-state index in [0.717, 1.165) is 32.0 Å². The summed E-state index contributed by atoms with van der Waals surface area (Å²) in [6.45, 7) is 2.04. The number of hydrogen-bond donors (Lipinski definition) is 1. The van der Waals surface area contributed by atoms with Crippen molar-refractivity contribution in [1.82, 2.24) is 14.5 Å². The van der Waals surface area contributed by atoms with Gasteiger partial charge in [-0.05, 0) is 31.7 Å². The Morgan fingerprint density at radius 1 is 1.14 bits per heavy atom. The standard InChI is InChI=1S/C16H19ClFN3O/c17-12-8-14-15(9-13(12)18)21(16(22)19-14)11-4-6-20(7-5-11)10-2-1-3-10/h8-11H,1-7H2,(H,19,22). The lowest BCUT2D eigenvalue weighted by Gasteiger charge is -2.41. The number of halogens is 2. The summed E-state index contributed by atoms with van der Waals surface area (Å²) in [4.78, 5) is 17.6. The van der Waals surface area contributed by atoms with Crippen molar-refractivity contribution >= 4 is 22.6 Å². The monoisotopic (exact) mass is 323 g/mol. The van der Waals surface area contributed by atoms with Crippen LogP contribution in [-0.2, 0) is 0 Å². The molecule has 6 heteroatoms. The largest absolute Gasteiger partial charge is 0.326 e. The van der Waals surface area contributed by atoms with Crippen LogP contribution in [0.5, 0.6) is 0 Å². The molecule has 1 aliphatic carbocycles. The first-order valence-corrected chi connectivity index (χ1v) is 8.34. The second-order valence-corrected chi connectivity index (χ2v) is 6.84. The fourth-order valence-corrected chi connectivity index (χ4v) is 3.91. The predicted octanol–water partition coefficient (Wildman–Crippen LogP) is 3.31. The molecule has 118 valence electrons. The van der Waals surface area contributed by atoms with E-state index in [9.17, 15) is 9.18 Å². The molecule has 0 amide bonds. The summed E-state index contributed by atoms with van der Waals surface area (Å²) in [6, 6.07) is 3.75. The molecule has 0 radical (unpaired) electrons. The molecule has 1 aliphatic heterocycles. The van der Waals surface area contributed by atoms with Gasteiger partial charge in [0.25, 0.3) is 0 Å². The van der Waals surface area contributed by atoms with E-state index in [0.29, 0.717) is 11.0 Å². The highest BCUT2D eigenvalue weighted by molar-refractivity contribution is 6.31. The van der Waals surface area contributed by atoms with Crippen LogP contribution in [0.4, 0.5) is 4.39 Å². The van der Waals surface area contributed by atoms with Crippen LogP contribution in [0.3, 0.4) is 0 Å². The minimum absolute atomic E-state index is 0.0423. The Bertz CT molecular complexity index is 757. The number of hydrogen-bond acceptors (Lipinski definition) is 2. The first kappa shape index (κ1) is 14.3. The van der Waals surface area contributed by atoms with Gasteiger partial charge in [-0.2, -0.15) is 0 Å². The molecule has 4 nitrogen and oxygen atoms in total. The maximum atomic E-state index is 13.8. The van der Waals surface area contributed by atoms with Gasteiger partial charge in [0, 0.05) is 31.2 Å². The number of imidazole rings is 1. The third-order valence-electron chi connectivity index (χ3n) is 5.21. The van der Waals surface area contributed by atoms with Crippen molar-refractivity contribution in [2.24, 2.45) is 0 Å². The van der Waals surface area contributed by atoms with Crippen molar-refractivity contribution < 1.29 is 4.39 Å². The Labute approximate surface area is 132 Å². The average molecular weight is 324 g/mol. The van der Waals surface area contributed by atoms with Gasteiger partial charge < -0.3 is 9.88 Å². The first-order chi connectivity index (χ1) is 10.6. The van der Waals surface area contributed by atoms with Gasteiger partial charge in [0.1, 0.15) is 5.82 Å². The third-order valence-corrected chi connectivity index (χ3v) is 5.50. The topological polar surface area (TPSA) is 41.0 Å². The van der Waals surface area contributed by atoms with Gasteiger partial charge in [-0.25, -0.2) is 9.18 Å². The number of rotatable bonds is 2. The number of piperidine rings is 1. The number of aromatic nitrogens is 2. The van der Waals surface area contributed by atoms with Crippen LogP contribution in [0.1, 0.15) is 38.1 Å². The van der Waals surface area contributed by atoms with Gasteiger partial charge in [0.2, 0.25) is 0 Å². The second kappa shape index (κ2) is 5.39. The van der Waals surface area contributed by atoms with Gasteiger partial charge in [0.15, 0.2) is 0 Å². The normalized spacial score (nSPS) is 21.4. The minimum Gasteiger partial charge on any atom is -0.305 e. The highest BCUT2D eigenvalue weighted by Crippen LogP contribution is 2.32. The van der Waals surface area contributed by atoms with Crippen LogP contribution >= 0.6 is 11.6 Å². The molecule has 1 N–H and O–H groups in total. The SMILES string of the molecule is O=c1[nH]c2cc(Cl)c(F)cc2n1C1CCN(C2CCC2)CC1. The third kappa shape index (κ3) is 2.27. The van der Waals surface area contributed by atoms with Gasteiger partial charge >= 0.3 is 5.69 Å². The van der Waals surface area contributed by atoms with E-state index in [2.05, 4.69) is 9.88 Å². The predicted molar refractivity (Wildman–Crippen MR) is 85.0 cm³/mol. The van der Waals surface area contributed by atoms with Crippen LogP contribution in [0.2, 0.25) is 5.02 Å². The molecule has 2 fully saturated rings. The molecule has 1 saturated heterocycles. The molecule has 4 rings (SSSR count). The lowest BCUT2D eigenvalue weighted by Crippen LogP contribution is -2.45. The Kier molecular flexibility index (Phi) is 3.50. The molecule has 2 aromatic rings. The number of nitrogens with zero attached hydrogens (tertiary/aromatic N) is 2. The zero-order valence-corrected chi connectivity index (χ0v) is 13.1. The van der Waals surface area contributed by atoms with Crippen molar-refractivity contribution in [3.05, 3.63) is 33.5 Å². The van der Waals surface area contributed by atoms with Crippen molar-refractivity contribution in [2.45, 2.75) is 44.2 Å². The molecule has 1 saturated carbocycles. The maximum Gasteiger partial charge on any atom is 0.326 e. The lowest BCUT2D eigenvalue weighted by atomic mass is 9.89. The molecular weight excluding hydrogens is 305 g/mol. The quantitative estimate of drug-likeness (QED) is 0.921. The van der Waals surface area contributed by atoms with E-state index in [-0.39, 0.29) is 16.8 Å². The lowest BCUT2D eigenvalue weighted by molar-refractivity contribution is 0.0868. The van der Waals surface area contributed by atoms with Crippen molar-refractivity contribution in [3.63, 3.8) is 0 Å². The van der Waals surface area contributed by atoms with E-state index < -0.39 is 5.82 Å². The van der Waals surface area contributed by atoms with Crippen LogP contribution in [0.25, 0.3) is 11.0 Å². The summed E-state index contributed by atoms with van der Waals surface area (Å²) in [5.74, 6) is -0.478. The molecular formula is C16H19ClFN3O. The molecule has 0 atom stereocenters. The maximum absolute atomic E-state index is 13.8. The summed E-state index contributed by atoms with van der Waals surface area (Å²) < 4.78 is 15.5. The zero-order chi connectivity index (χ0) is 15.3. The van der Waals surface area contributed by atoms with Crippen molar-refractivity contribution in [3.8, 4) is 0 Å². The fraction of sp³-hybridized carbons (Fsp3) is 0.562. The highest BCUT2D eigenvalue weighted by Gasteiger charge is 2.30. The van der Waals surface area contributed by atoms with E-state index in [4.69, 9.17) is 11.6 Å². The molecule has 0 spiro atoms. The molecule has 1 aromatic heterocycles. The summed E-state index contributed by atoms with van der Waals surface area (Å²) in [6.07, 6.45) is 5.83. The number of H-pyrrole nitrogens is 1. The van der Waals surface area contributed by atoms with Crippen LogP contribution in [0, 0.1) is 5.82 Å². The molecule has 1 aromatic carbocycles. The Morgan fingerprint density at radius 2 is 1.86 bits per heavy atom. The zero-order valence-electron chi connectivity index (χ0n) is 12.3. The number of fused-ring (bicyclic) bond motifs is 1. The Balaban J connectivity index is 1.62. The minimum atomic E-state index is -0.478. The molecule has 0 bridgehead atoms. The Morgan fingerprint density at radius 3 is 2.50 bits per heavy atom. The summed E-state index contributed by atoms with van der Waals surface area (Å²) >= 11 is 5.80. The highest BCUT2D eigenvalue weighted by atomic mass is 35.5. The van der Waals surface area contributed by atoms with Crippen LogP contribution < -0.4 is 5.69 Å². The van der Waals surface area contributed by atoms with E-state index in [1.54, 1.807) is 4.57 Å². The first-order valence-electron chi connectivity index (χ1n) is 7.97. The summed E-state index contributed by atoms with van der Waals surface area (Å²) in [5, 5.41) is 0.0423. The van der Waals surface area contributed by atoms with Gasteiger partial charge in [-0.15, -0.1) is 0 Å². The number of likely N-dealkylation sites (tertiary alicyclic amines) is 1. The molecule has 2 heterocycles. The summed E-state index contributed by atoms with van der Waals surface area (Å²) in [7, 11) is 0. The van der Waals surface area contributed by atoms with Gasteiger partial charge in [-0.1, -0.05) is 18.0 Å².